The van der Waals surface area contributed by atoms with E-state index in [9.17, 15) is 21.6 Å². The molecule has 1 aromatic carbocycles. The normalized spacial score (nSPS) is 23.5. The third kappa shape index (κ3) is 4.89. The van der Waals surface area contributed by atoms with Crippen LogP contribution in [0.15, 0.2) is 60.1 Å². The fourth-order valence-corrected chi connectivity index (χ4v) is 6.19. The lowest BCUT2D eigenvalue weighted by atomic mass is 9.78. The summed E-state index contributed by atoms with van der Waals surface area (Å²) in [5, 5.41) is 4.04. The van der Waals surface area contributed by atoms with Crippen LogP contribution in [0.4, 0.5) is 13.2 Å². The third-order valence-electron chi connectivity index (χ3n) is 6.88. The Kier molecular flexibility index (Phi) is 6.73. The van der Waals surface area contributed by atoms with Crippen molar-refractivity contribution in [1.82, 2.24) is 19.7 Å². The number of aromatic nitrogens is 4. The molecule has 0 aliphatic carbocycles. The molecule has 0 bridgehead atoms. The molecule has 2 N–H and O–H groups in total. The Balaban J connectivity index is 1.74. The predicted octanol–water partition coefficient (Wildman–Crippen LogP) is 4.12. The SMILES string of the molecule is CC(C)(CN)C1CC(C)(S(=O)(=O)c2cccc(C(F)(F)F)c2)CC(c2ccc(-n3cncn3)nc2)O1. The van der Waals surface area contributed by atoms with Gasteiger partial charge in [-0.2, -0.15) is 18.3 Å². The molecular weight excluding hydrogens is 495 g/mol. The van der Waals surface area contributed by atoms with Gasteiger partial charge in [-0.05, 0) is 56.1 Å². The van der Waals surface area contributed by atoms with Gasteiger partial charge in [0, 0.05) is 11.6 Å². The molecule has 3 unspecified atom stereocenters. The molecule has 3 heterocycles. The quantitative estimate of drug-likeness (QED) is 0.517. The van der Waals surface area contributed by atoms with E-state index in [0.717, 1.165) is 12.1 Å². The number of alkyl halides is 3. The molecule has 2 aromatic heterocycles. The van der Waals surface area contributed by atoms with E-state index in [4.69, 9.17) is 10.5 Å². The van der Waals surface area contributed by atoms with Gasteiger partial charge in [-0.1, -0.05) is 26.0 Å². The molecule has 1 aliphatic rings. The first kappa shape index (κ1) is 26.2. The standard InChI is InChI=1S/C24H28F3N5O3S/c1-22(2,13-28)20-11-23(3,36(33,34)18-6-4-5-17(9-18)24(25,26)27)10-19(35-20)16-7-8-21(30-12-16)32-15-29-14-31-32/h4-9,12,14-15,19-20H,10-11,13,28H2,1-3H3. The first-order valence-corrected chi connectivity index (χ1v) is 12.8. The zero-order valence-electron chi connectivity index (χ0n) is 20.1. The van der Waals surface area contributed by atoms with Gasteiger partial charge < -0.3 is 10.5 Å². The number of pyridine rings is 1. The number of hydrogen-bond acceptors (Lipinski definition) is 7. The molecule has 3 atom stereocenters. The van der Waals surface area contributed by atoms with Gasteiger partial charge in [0.25, 0.3) is 0 Å². The molecule has 0 amide bonds. The van der Waals surface area contributed by atoms with Crippen molar-refractivity contribution >= 4 is 9.84 Å². The average Bonchev–Trinajstić information content (AvgIpc) is 3.38. The molecule has 12 heteroatoms. The van der Waals surface area contributed by atoms with Crippen molar-refractivity contribution in [2.24, 2.45) is 11.1 Å². The minimum Gasteiger partial charge on any atom is -0.370 e. The molecule has 0 radical (unpaired) electrons. The Morgan fingerprint density at radius 2 is 1.94 bits per heavy atom. The van der Waals surface area contributed by atoms with Crippen LogP contribution in [0.1, 0.15) is 50.8 Å². The van der Waals surface area contributed by atoms with Gasteiger partial charge >= 0.3 is 6.18 Å². The highest BCUT2D eigenvalue weighted by molar-refractivity contribution is 7.92. The maximum absolute atomic E-state index is 13.8. The fraction of sp³-hybridized carbons (Fsp3) is 0.458. The number of sulfone groups is 1. The number of ether oxygens (including phenoxy) is 1. The average molecular weight is 524 g/mol. The lowest BCUT2D eigenvalue weighted by molar-refractivity contribution is -0.137. The van der Waals surface area contributed by atoms with Gasteiger partial charge in [0.15, 0.2) is 15.7 Å². The van der Waals surface area contributed by atoms with E-state index < -0.39 is 43.9 Å². The molecule has 0 spiro atoms. The Bertz CT molecular complexity index is 1310. The maximum atomic E-state index is 13.8. The highest BCUT2D eigenvalue weighted by Gasteiger charge is 2.51. The zero-order valence-corrected chi connectivity index (χ0v) is 20.9. The molecule has 1 saturated heterocycles. The second kappa shape index (κ2) is 9.24. The summed E-state index contributed by atoms with van der Waals surface area (Å²) in [5.74, 6) is 0.519. The van der Waals surface area contributed by atoms with Crippen LogP contribution in [-0.2, 0) is 20.8 Å². The van der Waals surface area contributed by atoms with E-state index in [-0.39, 0.29) is 24.3 Å². The zero-order chi connectivity index (χ0) is 26.4. The summed E-state index contributed by atoms with van der Waals surface area (Å²) in [6, 6.07) is 7.36. The topological polar surface area (TPSA) is 113 Å². The predicted molar refractivity (Wildman–Crippen MR) is 126 cm³/mol. The summed E-state index contributed by atoms with van der Waals surface area (Å²) in [4.78, 5) is 7.91. The monoisotopic (exact) mass is 523 g/mol. The van der Waals surface area contributed by atoms with Crippen LogP contribution in [0.3, 0.4) is 0 Å². The fourth-order valence-electron chi connectivity index (χ4n) is 4.34. The van der Waals surface area contributed by atoms with Gasteiger partial charge in [0.2, 0.25) is 0 Å². The van der Waals surface area contributed by atoms with Gasteiger partial charge in [-0.15, -0.1) is 0 Å². The van der Waals surface area contributed by atoms with E-state index in [0.29, 0.717) is 17.4 Å². The highest BCUT2D eigenvalue weighted by atomic mass is 32.2. The summed E-state index contributed by atoms with van der Waals surface area (Å²) >= 11 is 0. The van der Waals surface area contributed by atoms with E-state index in [1.807, 2.05) is 13.8 Å². The number of rotatable bonds is 6. The summed E-state index contributed by atoms with van der Waals surface area (Å²) < 4.78 is 74.1. The summed E-state index contributed by atoms with van der Waals surface area (Å²) in [6.07, 6.45) is -1.33. The van der Waals surface area contributed by atoms with Crippen LogP contribution in [0.2, 0.25) is 0 Å². The number of hydrogen-bond donors (Lipinski definition) is 1. The lowest BCUT2D eigenvalue weighted by Gasteiger charge is -2.47. The molecule has 8 nitrogen and oxygen atoms in total. The number of nitrogens with two attached hydrogens (primary N) is 1. The first-order valence-electron chi connectivity index (χ1n) is 11.4. The molecular formula is C24H28F3N5O3S. The van der Waals surface area contributed by atoms with Crippen molar-refractivity contribution in [2.75, 3.05) is 6.54 Å². The largest absolute Gasteiger partial charge is 0.416 e. The molecule has 36 heavy (non-hydrogen) atoms. The molecule has 1 fully saturated rings. The van der Waals surface area contributed by atoms with Gasteiger partial charge in [0.05, 0.1) is 27.4 Å². The van der Waals surface area contributed by atoms with E-state index in [1.165, 1.54) is 23.4 Å². The van der Waals surface area contributed by atoms with E-state index >= 15 is 0 Å². The van der Waals surface area contributed by atoms with Crippen LogP contribution in [0.25, 0.3) is 5.82 Å². The Morgan fingerprint density at radius 3 is 2.53 bits per heavy atom. The minimum atomic E-state index is -4.66. The maximum Gasteiger partial charge on any atom is 0.416 e. The van der Waals surface area contributed by atoms with Crippen LogP contribution < -0.4 is 5.73 Å². The summed E-state index contributed by atoms with van der Waals surface area (Å²) in [5.41, 5.74) is 5.03. The van der Waals surface area contributed by atoms with Gasteiger partial charge in [0.1, 0.15) is 12.7 Å². The van der Waals surface area contributed by atoms with Crippen LogP contribution in [-0.4, -0.2) is 45.6 Å². The van der Waals surface area contributed by atoms with Crippen molar-refractivity contribution in [3.8, 4) is 5.82 Å². The second-order valence-corrected chi connectivity index (χ2v) is 12.4. The van der Waals surface area contributed by atoms with Crippen molar-refractivity contribution in [1.29, 1.82) is 0 Å². The van der Waals surface area contributed by atoms with Crippen LogP contribution >= 0.6 is 0 Å². The molecule has 0 saturated carbocycles. The number of nitrogens with zero attached hydrogens (tertiary/aromatic N) is 4. The highest BCUT2D eigenvalue weighted by Crippen LogP contribution is 2.48. The minimum absolute atomic E-state index is 0.0348. The Hall–Kier alpha value is -2.83. The molecule has 3 aromatic rings. The van der Waals surface area contributed by atoms with Gasteiger partial charge in [-0.25, -0.2) is 23.1 Å². The third-order valence-corrected chi connectivity index (χ3v) is 9.38. The Morgan fingerprint density at radius 1 is 1.19 bits per heavy atom. The summed E-state index contributed by atoms with van der Waals surface area (Å²) in [6.45, 7) is 5.55. The van der Waals surface area contributed by atoms with Crippen LogP contribution in [0, 0.1) is 5.41 Å². The Labute approximate surface area is 207 Å². The summed E-state index contributed by atoms with van der Waals surface area (Å²) in [7, 11) is -4.19. The van der Waals surface area contributed by atoms with Crippen molar-refractivity contribution < 1.29 is 26.3 Å². The molecule has 4 rings (SSSR count). The number of benzene rings is 1. The molecule has 194 valence electrons. The van der Waals surface area contributed by atoms with Crippen LogP contribution in [0.5, 0.6) is 0 Å². The lowest BCUT2D eigenvalue weighted by Crippen LogP contribution is -2.51. The van der Waals surface area contributed by atoms with E-state index in [1.54, 1.807) is 25.3 Å². The molecule has 1 aliphatic heterocycles. The van der Waals surface area contributed by atoms with Crippen molar-refractivity contribution in [2.45, 2.75) is 61.6 Å². The smallest absolute Gasteiger partial charge is 0.370 e. The first-order chi connectivity index (χ1) is 16.8. The van der Waals surface area contributed by atoms with Crippen molar-refractivity contribution in [3.05, 3.63) is 66.4 Å². The second-order valence-electron chi connectivity index (χ2n) is 9.98. The van der Waals surface area contributed by atoms with E-state index in [2.05, 4.69) is 15.1 Å². The number of halogens is 3. The van der Waals surface area contributed by atoms with Crippen molar-refractivity contribution in [3.63, 3.8) is 0 Å². The van der Waals surface area contributed by atoms with Gasteiger partial charge in [-0.3, -0.25) is 0 Å².